The van der Waals surface area contributed by atoms with Crippen molar-refractivity contribution in [1.82, 2.24) is 14.7 Å². The van der Waals surface area contributed by atoms with Crippen molar-refractivity contribution >= 4 is 29.6 Å². The number of carbonyl (C=O) groups excluding carboxylic acids is 2. The van der Waals surface area contributed by atoms with E-state index in [0.29, 0.717) is 5.56 Å². The Bertz CT molecular complexity index is 698. The minimum atomic E-state index is -1.15. The summed E-state index contributed by atoms with van der Waals surface area (Å²) in [5, 5.41) is 14.2. The number of amides is 1. The highest BCUT2D eigenvalue weighted by Crippen LogP contribution is 2.50. The average Bonchev–Trinajstić information content (AvgIpc) is 3.01. The molecule has 1 saturated heterocycles. The number of aliphatic carboxylic acids is 1. The number of ether oxygens (including phenoxy) is 1. The van der Waals surface area contributed by atoms with Crippen LogP contribution >= 0.6 is 11.8 Å². The molecule has 2 aliphatic heterocycles. The molecular formula is C13H13N3O5S. The first kappa shape index (κ1) is 14.6. The van der Waals surface area contributed by atoms with E-state index < -0.39 is 24.0 Å². The zero-order valence-electron chi connectivity index (χ0n) is 11.8. The molecule has 3 heterocycles. The molecule has 1 aromatic rings. The Balaban J connectivity index is 1.87. The van der Waals surface area contributed by atoms with E-state index in [-0.39, 0.29) is 17.0 Å². The number of aromatic nitrogens is 2. The molecule has 1 N–H and O–H groups in total. The maximum Gasteiger partial charge on any atom is 0.353 e. The summed E-state index contributed by atoms with van der Waals surface area (Å²) in [7, 11) is 1.72. The summed E-state index contributed by atoms with van der Waals surface area (Å²) >= 11 is 1.24. The SMILES string of the molecule is CC(=O)OC(c1cnn(C)c1)C1C(=O)N2C(C(=O)O)=CS[C@@H]12. The third kappa shape index (κ3) is 2.17. The highest BCUT2D eigenvalue weighted by molar-refractivity contribution is 8.03. The molecule has 0 saturated carbocycles. The normalized spacial score (nSPS) is 24.4. The Morgan fingerprint density at radius 3 is 2.77 bits per heavy atom. The fraction of sp³-hybridized carbons (Fsp3) is 0.385. The van der Waals surface area contributed by atoms with Crippen LogP contribution in [0.2, 0.25) is 0 Å². The van der Waals surface area contributed by atoms with Crippen LogP contribution < -0.4 is 0 Å². The molecule has 116 valence electrons. The van der Waals surface area contributed by atoms with Crippen LogP contribution in [0.4, 0.5) is 0 Å². The molecule has 3 atom stereocenters. The number of rotatable bonds is 4. The van der Waals surface area contributed by atoms with E-state index in [1.807, 2.05) is 0 Å². The molecule has 2 unspecified atom stereocenters. The van der Waals surface area contributed by atoms with Crippen LogP contribution in [0.3, 0.4) is 0 Å². The number of esters is 1. The number of aryl methyl sites for hydroxylation is 1. The van der Waals surface area contributed by atoms with E-state index in [0.717, 1.165) is 0 Å². The predicted molar refractivity (Wildman–Crippen MR) is 75.1 cm³/mol. The van der Waals surface area contributed by atoms with Gasteiger partial charge in [0.05, 0.1) is 6.20 Å². The third-order valence-electron chi connectivity index (χ3n) is 3.55. The van der Waals surface area contributed by atoms with Gasteiger partial charge in [-0.2, -0.15) is 5.10 Å². The summed E-state index contributed by atoms with van der Waals surface area (Å²) in [4.78, 5) is 36.0. The van der Waals surface area contributed by atoms with E-state index >= 15 is 0 Å². The van der Waals surface area contributed by atoms with Gasteiger partial charge in [-0.15, -0.1) is 11.8 Å². The Kier molecular flexibility index (Phi) is 3.44. The number of hydrogen-bond acceptors (Lipinski definition) is 6. The van der Waals surface area contributed by atoms with Gasteiger partial charge in [0, 0.05) is 31.1 Å². The maximum atomic E-state index is 12.4. The van der Waals surface area contributed by atoms with Gasteiger partial charge in [0.25, 0.3) is 0 Å². The van der Waals surface area contributed by atoms with Gasteiger partial charge in [-0.1, -0.05) is 0 Å². The summed E-state index contributed by atoms with van der Waals surface area (Å²) in [5.41, 5.74) is 0.573. The van der Waals surface area contributed by atoms with Crippen LogP contribution in [0.15, 0.2) is 23.5 Å². The Hall–Kier alpha value is -2.29. The molecule has 1 amide bonds. The second-order valence-electron chi connectivity index (χ2n) is 5.05. The Labute approximate surface area is 129 Å². The molecule has 0 bridgehead atoms. The standard InChI is InChI=1S/C13H13N3O5S/c1-6(17)21-10(7-3-14-15(2)4-7)9-11(18)16-8(13(19)20)5-22-12(9)16/h3-5,9-10,12H,1-2H3,(H,19,20)/t9?,10?,12-/m0/s1. The van der Waals surface area contributed by atoms with Gasteiger partial charge in [0.2, 0.25) is 5.91 Å². The summed E-state index contributed by atoms with van der Waals surface area (Å²) in [6.45, 7) is 1.27. The minimum absolute atomic E-state index is 0.0380. The van der Waals surface area contributed by atoms with Crippen molar-refractivity contribution in [3.8, 4) is 0 Å². The van der Waals surface area contributed by atoms with Crippen LogP contribution in [0.5, 0.6) is 0 Å². The highest BCUT2D eigenvalue weighted by atomic mass is 32.2. The molecule has 1 fully saturated rings. The van der Waals surface area contributed by atoms with Crippen molar-refractivity contribution < 1.29 is 24.2 Å². The summed E-state index contributed by atoms with van der Waals surface area (Å²) in [6, 6.07) is 0. The number of nitrogens with zero attached hydrogens (tertiary/aromatic N) is 3. The third-order valence-corrected chi connectivity index (χ3v) is 4.70. The largest absolute Gasteiger partial charge is 0.477 e. The number of thioether (sulfide) groups is 1. The van der Waals surface area contributed by atoms with Crippen molar-refractivity contribution in [2.75, 3.05) is 0 Å². The van der Waals surface area contributed by atoms with Gasteiger partial charge < -0.3 is 9.84 Å². The number of hydrogen-bond donors (Lipinski definition) is 1. The molecule has 22 heavy (non-hydrogen) atoms. The van der Waals surface area contributed by atoms with Crippen LogP contribution in [0, 0.1) is 5.92 Å². The number of carboxylic acid groups (broad SMARTS) is 1. The van der Waals surface area contributed by atoms with Gasteiger partial charge in [-0.05, 0) is 0 Å². The number of β-lactam (4-membered cyclic amide) rings is 1. The van der Waals surface area contributed by atoms with E-state index in [1.54, 1.807) is 17.9 Å². The molecular weight excluding hydrogens is 310 g/mol. The van der Waals surface area contributed by atoms with Crippen molar-refractivity contribution in [1.29, 1.82) is 0 Å². The quantitative estimate of drug-likeness (QED) is 0.635. The van der Waals surface area contributed by atoms with Crippen LogP contribution in [-0.2, 0) is 26.2 Å². The minimum Gasteiger partial charge on any atom is -0.477 e. The number of carbonyl (C=O) groups is 3. The van der Waals surface area contributed by atoms with Gasteiger partial charge in [0.15, 0.2) is 0 Å². The molecule has 0 aliphatic carbocycles. The molecule has 9 heteroatoms. The monoisotopic (exact) mass is 323 g/mol. The fourth-order valence-electron chi connectivity index (χ4n) is 2.63. The van der Waals surface area contributed by atoms with Gasteiger partial charge in [0.1, 0.15) is 23.1 Å². The van der Waals surface area contributed by atoms with Crippen molar-refractivity contribution in [2.45, 2.75) is 18.4 Å². The summed E-state index contributed by atoms with van der Waals surface area (Å²) in [6.07, 6.45) is 2.44. The average molecular weight is 323 g/mol. The summed E-state index contributed by atoms with van der Waals surface area (Å²) in [5.74, 6) is -2.63. The number of carboxylic acids is 1. The molecule has 0 radical (unpaired) electrons. The lowest BCUT2D eigenvalue weighted by Gasteiger charge is -2.45. The van der Waals surface area contributed by atoms with Crippen molar-refractivity contribution in [2.24, 2.45) is 13.0 Å². The van der Waals surface area contributed by atoms with E-state index in [9.17, 15) is 14.4 Å². The predicted octanol–water partition coefficient (Wildman–Crippen LogP) is 0.482. The smallest absolute Gasteiger partial charge is 0.353 e. The van der Waals surface area contributed by atoms with E-state index in [2.05, 4.69) is 5.10 Å². The molecule has 1 aromatic heterocycles. The zero-order chi connectivity index (χ0) is 16.0. The van der Waals surface area contributed by atoms with Gasteiger partial charge in [-0.3, -0.25) is 19.2 Å². The Morgan fingerprint density at radius 1 is 1.50 bits per heavy atom. The molecule has 3 rings (SSSR count). The van der Waals surface area contributed by atoms with Crippen LogP contribution in [0.25, 0.3) is 0 Å². The topological polar surface area (TPSA) is 102 Å². The fourth-order valence-corrected chi connectivity index (χ4v) is 3.88. The van der Waals surface area contributed by atoms with Crippen molar-refractivity contribution in [3.05, 3.63) is 29.1 Å². The molecule has 2 aliphatic rings. The molecule has 0 spiro atoms. The first-order valence-corrected chi connectivity index (χ1v) is 7.42. The van der Waals surface area contributed by atoms with Crippen LogP contribution in [-0.4, -0.2) is 43.0 Å². The highest BCUT2D eigenvalue weighted by Gasteiger charge is 2.58. The lowest BCUT2D eigenvalue weighted by molar-refractivity contribution is -0.167. The van der Waals surface area contributed by atoms with Gasteiger partial charge >= 0.3 is 11.9 Å². The number of fused-ring (bicyclic) bond motifs is 1. The lowest BCUT2D eigenvalue weighted by atomic mass is 9.88. The Morgan fingerprint density at radius 2 is 2.23 bits per heavy atom. The molecule has 0 aromatic carbocycles. The first-order valence-electron chi connectivity index (χ1n) is 6.48. The van der Waals surface area contributed by atoms with E-state index in [1.165, 1.54) is 35.2 Å². The van der Waals surface area contributed by atoms with E-state index in [4.69, 9.17) is 9.84 Å². The summed E-state index contributed by atoms with van der Waals surface area (Å²) < 4.78 is 6.86. The van der Waals surface area contributed by atoms with Crippen molar-refractivity contribution in [3.63, 3.8) is 0 Å². The first-order chi connectivity index (χ1) is 10.4. The van der Waals surface area contributed by atoms with Gasteiger partial charge in [-0.25, -0.2) is 4.79 Å². The second-order valence-corrected chi connectivity index (χ2v) is 6.04. The zero-order valence-corrected chi connectivity index (χ0v) is 12.6. The second kappa shape index (κ2) is 5.16. The maximum absolute atomic E-state index is 12.4. The lowest BCUT2D eigenvalue weighted by Crippen LogP contribution is -2.59. The van der Waals surface area contributed by atoms with Crippen LogP contribution in [0.1, 0.15) is 18.6 Å². The molecule has 8 nitrogen and oxygen atoms in total.